The van der Waals surface area contributed by atoms with Gasteiger partial charge in [-0.15, -0.1) is 0 Å². The smallest absolute Gasteiger partial charge is 0.306 e. The third kappa shape index (κ3) is 22.3. The Kier molecular flexibility index (Phi) is 24.3. The molecule has 1 aliphatic rings. The molecule has 1 heterocycles. The number of rotatable bonds is 29. The molecule has 8 nitrogen and oxygen atoms in total. The maximum Gasteiger partial charge on any atom is 0.306 e. The Morgan fingerprint density at radius 1 is 0.878 bits per heavy atom. The van der Waals surface area contributed by atoms with Crippen LogP contribution in [0.5, 0.6) is 0 Å². The molecule has 2 N–H and O–H groups in total. The molecule has 238 valence electrons. The monoisotopic (exact) mass is 578 g/mol. The lowest BCUT2D eigenvalue weighted by Gasteiger charge is -2.22. The molecule has 0 aromatic carbocycles. The molecule has 0 bridgehead atoms. The van der Waals surface area contributed by atoms with E-state index in [2.05, 4.69) is 34.4 Å². The first-order valence-electron chi connectivity index (χ1n) is 17.0. The number of guanidine groups is 1. The van der Waals surface area contributed by atoms with E-state index in [9.17, 15) is 14.4 Å². The van der Waals surface area contributed by atoms with Gasteiger partial charge in [-0.25, -0.2) is 4.99 Å². The van der Waals surface area contributed by atoms with Crippen molar-refractivity contribution in [1.29, 1.82) is 0 Å². The van der Waals surface area contributed by atoms with Crippen LogP contribution in [0.25, 0.3) is 0 Å². The van der Waals surface area contributed by atoms with Crippen LogP contribution in [-0.4, -0.2) is 67.8 Å². The van der Waals surface area contributed by atoms with Gasteiger partial charge in [-0.1, -0.05) is 84.5 Å². The van der Waals surface area contributed by atoms with Crippen molar-refractivity contribution < 1.29 is 19.1 Å². The Labute approximate surface area is 251 Å². The first kappa shape index (κ1) is 37.1. The van der Waals surface area contributed by atoms with Gasteiger partial charge in [0.2, 0.25) is 5.91 Å². The SMILES string of the molecule is CCCCCCCCC(CC)OC(=O)CCCCCCCN(CCCCCCCC=O)CCCNC1=NCC(=O)N1. The van der Waals surface area contributed by atoms with Gasteiger partial charge in [-0.2, -0.15) is 0 Å². The van der Waals surface area contributed by atoms with E-state index in [0.717, 1.165) is 90.3 Å². The third-order valence-corrected chi connectivity index (χ3v) is 7.87. The van der Waals surface area contributed by atoms with Crippen molar-refractivity contribution in [3.8, 4) is 0 Å². The number of nitrogens with zero attached hydrogens (tertiary/aromatic N) is 2. The fourth-order valence-corrected chi connectivity index (χ4v) is 5.28. The number of aliphatic imine (C=N–C) groups is 1. The minimum atomic E-state index is -0.0483. The maximum atomic E-state index is 12.3. The van der Waals surface area contributed by atoms with E-state index >= 15 is 0 Å². The van der Waals surface area contributed by atoms with Gasteiger partial charge < -0.3 is 19.7 Å². The highest BCUT2D eigenvalue weighted by Gasteiger charge is 2.13. The topological polar surface area (TPSA) is 100 Å². The number of unbranched alkanes of at least 4 members (excludes halogenated alkanes) is 14. The largest absolute Gasteiger partial charge is 0.462 e. The number of esters is 1. The second kappa shape index (κ2) is 26.9. The summed E-state index contributed by atoms with van der Waals surface area (Å²) in [5.41, 5.74) is 0. The fraction of sp³-hybridized carbons (Fsp3) is 0.879. The standard InChI is InChI=1S/C33H62N4O4/c1-3-5-6-7-11-16-22-30(4-2)41-32(40)23-17-12-10-14-19-26-37(25-18-13-8-9-15-20-28-38)27-21-24-34-33-35-29-31(39)36-33/h28,30H,3-27,29H2,1-2H3,(H2,34,35,36,39). The van der Waals surface area contributed by atoms with Crippen LogP contribution in [-0.2, 0) is 19.1 Å². The number of hydrogen-bond acceptors (Lipinski definition) is 7. The van der Waals surface area contributed by atoms with Crippen molar-refractivity contribution in [2.24, 2.45) is 4.99 Å². The molecule has 8 heteroatoms. The Hall–Kier alpha value is -1.96. The summed E-state index contributed by atoms with van der Waals surface area (Å²) in [6.07, 6.45) is 24.2. The Morgan fingerprint density at radius 3 is 2.12 bits per heavy atom. The first-order valence-corrected chi connectivity index (χ1v) is 17.0. The Balaban J connectivity index is 2.16. The fourth-order valence-electron chi connectivity index (χ4n) is 5.28. The molecule has 1 atom stereocenters. The molecule has 0 aromatic heterocycles. The highest BCUT2D eigenvalue weighted by molar-refractivity contribution is 6.02. The molecule has 41 heavy (non-hydrogen) atoms. The number of aldehydes is 1. The molecule has 0 saturated carbocycles. The molecule has 0 aromatic rings. The molecule has 1 amide bonds. The van der Waals surface area contributed by atoms with E-state index in [1.165, 1.54) is 64.2 Å². The van der Waals surface area contributed by atoms with Crippen molar-refractivity contribution in [2.75, 3.05) is 32.7 Å². The van der Waals surface area contributed by atoms with Crippen molar-refractivity contribution in [3.05, 3.63) is 0 Å². The molecule has 0 fully saturated rings. The van der Waals surface area contributed by atoms with Gasteiger partial charge in [0.25, 0.3) is 0 Å². The predicted molar refractivity (Wildman–Crippen MR) is 169 cm³/mol. The van der Waals surface area contributed by atoms with E-state index in [0.29, 0.717) is 18.8 Å². The lowest BCUT2D eigenvalue weighted by molar-refractivity contribution is -0.149. The van der Waals surface area contributed by atoms with Crippen molar-refractivity contribution in [2.45, 2.75) is 155 Å². The van der Waals surface area contributed by atoms with Crippen LogP contribution in [0.1, 0.15) is 149 Å². The van der Waals surface area contributed by atoms with E-state index in [1.807, 2.05) is 0 Å². The average molecular weight is 579 g/mol. The van der Waals surface area contributed by atoms with E-state index in [1.54, 1.807) is 0 Å². The zero-order valence-electron chi connectivity index (χ0n) is 26.6. The lowest BCUT2D eigenvalue weighted by atomic mass is 10.1. The van der Waals surface area contributed by atoms with Gasteiger partial charge in [0, 0.05) is 19.4 Å². The number of ether oxygens (including phenoxy) is 1. The van der Waals surface area contributed by atoms with Gasteiger partial charge in [0.1, 0.15) is 18.9 Å². The molecular formula is C33H62N4O4. The van der Waals surface area contributed by atoms with Crippen LogP contribution in [0.2, 0.25) is 0 Å². The maximum absolute atomic E-state index is 12.3. The van der Waals surface area contributed by atoms with Crippen molar-refractivity contribution in [1.82, 2.24) is 15.5 Å². The van der Waals surface area contributed by atoms with Crippen LogP contribution < -0.4 is 10.6 Å². The highest BCUT2D eigenvalue weighted by Crippen LogP contribution is 2.15. The Morgan fingerprint density at radius 2 is 1.49 bits per heavy atom. The summed E-state index contributed by atoms with van der Waals surface area (Å²) in [5.74, 6) is 0.536. The lowest BCUT2D eigenvalue weighted by Crippen LogP contribution is -2.38. The highest BCUT2D eigenvalue weighted by atomic mass is 16.5. The van der Waals surface area contributed by atoms with Gasteiger partial charge >= 0.3 is 5.97 Å². The van der Waals surface area contributed by atoms with Crippen LogP contribution in [0, 0.1) is 0 Å². The number of nitrogens with one attached hydrogen (secondary N) is 2. The van der Waals surface area contributed by atoms with E-state index in [-0.39, 0.29) is 24.5 Å². The van der Waals surface area contributed by atoms with Gasteiger partial charge in [0.15, 0.2) is 5.96 Å². The Bertz CT molecular complexity index is 701. The summed E-state index contributed by atoms with van der Waals surface area (Å²) in [5, 5.41) is 5.96. The molecule has 0 spiro atoms. The molecule has 0 saturated heterocycles. The van der Waals surface area contributed by atoms with Crippen LogP contribution in [0.15, 0.2) is 4.99 Å². The van der Waals surface area contributed by atoms with E-state index < -0.39 is 0 Å². The van der Waals surface area contributed by atoms with Crippen LogP contribution in [0.4, 0.5) is 0 Å². The quantitative estimate of drug-likeness (QED) is 0.0582. The zero-order chi connectivity index (χ0) is 29.8. The second-order valence-electron chi connectivity index (χ2n) is 11.7. The number of amides is 1. The summed E-state index contributed by atoms with van der Waals surface area (Å²) in [6.45, 7) is 8.62. The molecule has 1 aliphatic heterocycles. The summed E-state index contributed by atoms with van der Waals surface area (Å²) < 4.78 is 5.75. The second-order valence-corrected chi connectivity index (χ2v) is 11.7. The molecular weight excluding hydrogens is 516 g/mol. The third-order valence-electron chi connectivity index (χ3n) is 7.87. The average Bonchev–Trinajstić information content (AvgIpc) is 3.39. The summed E-state index contributed by atoms with van der Waals surface area (Å²) in [6, 6.07) is 0. The summed E-state index contributed by atoms with van der Waals surface area (Å²) >= 11 is 0. The van der Waals surface area contributed by atoms with E-state index in [4.69, 9.17) is 4.74 Å². The number of hydrogen-bond donors (Lipinski definition) is 2. The number of carbonyl (C=O) groups is 3. The molecule has 1 rings (SSSR count). The zero-order valence-corrected chi connectivity index (χ0v) is 26.6. The van der Waals surface area contributed by atoms with Crippen LogP contribution in [0.3, 0.4) is 0 Å². The molecule has 0 aliphatic carbocycles. The normalized spacial score (nSPS) is 13.7. The minimum absolute atomic E-state index is 0.0168. The summed E-state index contributed by atoms with van der Waals surface area (Å²) in [7, 11) is 0. The minimum Gasteiger partial charge on any atom is -0.462 e. The van der Waals surface area contributed by atoms with Crippen molar-refractivity contribution >= 4 is 24.1 Å². The van der Waals surface area contributed by atoms with Gasteiger partial charge in [0.05, 0.1) is 0 Å². The molecule has 0 radical (unpaired) electrons. The van der Waals surface area contributed by atoms with Crippen molar-refractivity contribution in [3.63, 3.8) is 0 Å². The van der Waals surface area contributed by atoms with Crippen LogP contribution >= 0.6 is 0 Å². The summed E-state index contributed by atoms with van der Waals surface area (Å²) in [4.78, 5) is 40.8. The number of carbonyl (C=O) groups excluding carboxylic acids is 3. The molecule has 1 unspecified atom stereocenters. The first-order chi connectivity index (χ1) is 20.1. The predicted octanol–water partition coefficient (Wildman–Crippen LogP) is 6.71. The van der Waals surface area contributed by atoms with Gasteiger partial charge in [-0.05, 0) is 71.0 Å². The van der Waals surface area contributed by atoms with Gasteiger partial charge in [-0.3, -0.25) is 14.9 Å².